The Morgan fingerprint density at radius 2 is 1.78 bits per heavy atom. The highest BCUT2D eigenvalue weighted by molar-refractivity contribution is 5.89. The van der Waals surface area contributed by atoms with Gasteiger partial charge in [-0.05, 0) is 67.9 Å². The van der Waals surface area contributed by atoms with Crippen molar-refractivity contribution < 1.29 is 14.6 Å². The molecule has 3 heterocycles. The lowest BCUT2D eigenvalue weighted by Gasteiger charge is -2.56. The molecule has 0 aliphatic carbocycles. The second kappa shape index (κ2) is 11.5. The zero-order valence-electron chi connectivity index (χ0n) is 21.0. The van der Waals surface area contributed by atoms with E-state index in [1.54, 1.807) is 13.3 Å². The Balaban J connectivity index is 1.30. The molecule has 2 fully saturated rings. The Hall–Kier alpha value is -3.86. The standard InChI is InChI=1S/C30H32N4O3/c1-37-25-14-12-24(13-15-25)32-30(36)33-17-5-6-18-34-27(20-33)29(28(34)21-35)26-16-11-23(19-31-26)10-9-22-7-3-2-4-8-22/h2-4,7-8,11-16,19,27-29,35H,5-6,17-18,20-21H2,1H3,(H,32,36). The van der Waals surface area contributed by atoms with Crippen molar-refractivity contribution in [3.63, 3.8) is 0 Å². The predicted octanol–water partition coefficient (Wildman–Crippen LogP) is 3.95. The van der Waals surface area contributed by atoms with Crippen LogP contribution in [0, 0.1) is 11.8 Å². The quantitative estimate of drug-likeness (QED) is 0.535. The number of carbonyl (C=O) groups is 1. The van der Waals surface area contributed by atoms with Crippen molar-refractivity contribution in [1.29, 1.82) is 0 Å². The first kappa shape index (κ1) is 24.8. The molecule has 2 aliphatic heterocycles. The molecule has 3 unspecified atom stereocenters. The first-order valence-electron chi connectivity index (χ1n) is 12.8. The predicted molar refractivity (Wildman–Crippen MR) is 144 cm³/mol. The normalized spacial score (nSPS) is 21.4. The number of urea groups is 1. The van der Waals surface area contributed by atoms with Gasteiger partial charge in [0.2, 0.25) is 0 Å². The van der Waals surface area contributed by atoms with Gasteiger partial charge in [-0.15, -0.1) is 0 Å². The number of aromatic nitrogens is 1. The molecule has 7 nitrogen and oxygen atoms in total. The van der Waals surface area contributed by atoms with E-state index in [0.29, 0.717) is 13.1 Å². The van der Waals surface area contributed by atoms with E-state index in [9.17, 15) is 9.90 Å². The molecule has 2 amide bonds. The second-order valence-corrected chi connectivity index (χ2v) is 9.48. The number of rotatable bonds is 4. The maximum atomic E-state index is 13.2. The molecule has 0 saturated carbocycles. The van der Waals surface area contributed by atoms with Crippen molar-refractivity contribution in [2.45, 2.75) is 30.8 Å². The number of fused-ring (bicyclic) bond motifs is 1. The SMILES string of the molecule is COc1ccc(NC(=O)N2CCCCN3C(CO)C(c4ccc(C#Cc5ccccc5)cn4)C3C2)cc1. The number of hydrogen-bond acceptors (Lipinski definition) is 5. The Labute approximate surface area is 218 Å². The van der Waals surface area contributed by atoms with Crippen LogP contribution in [0.2, 0.25) is 0 Å². The molecule has 0 radical (unpaired) electrons. The maximum absolute atomic E-state index is 13.2. The van der Waals surface area contributed by atoms with E-state index in [1.807, 2.05) is 71.6 Å². The Kier molecular flexibility index (Phi) is 7.69. The van der Waals surface area contributed by atoms with E-state index >= 15 is 0 Å². The van der Waals surface area contributed by atoms with Crippen molar-refractivity contribution in [1.82, 2.24) is 14.8 Å². The fourth-order valence-electron chi connectivity index (χ4n) is 5.29. The molecule has 5 rings (SSSR count). The highest BCUT2D eigenvalue weighted by Gasteiger charge is 2.50. The largest absolute Gasteiger partial charge is 0.497 e. The number of carbonyl (C=O) groups excluding carboxylic acids is 1. The van der Waals surface area contributed by atoms with Gasteiger partial charge in [0.1, 0.15) is 5.75 Å². The molecule has 3 aromatic rings. The maximum Gasteiger partial charge on any atom is 0.321 e. The van der Waals surface area contributed by atoms with Gasteiger partial charge in [0.15, 0.2) is 0 Å². The lowest BCUT2D eigenvalue weighted by Crippen LogP contribution is -2.68. The van der Waals surface area contributed by atoms with E-state index in [-0.39, 0.29) is 30.6 Å². The van der Waals surface area contributed by atoms with Crippen LogP contribution in [-0.4, -0.2) is 71.4 Å². The molecule has 2 N–H and O–H groups in total. The second-order valence-electron chi connectivity index (χ2n) is 9.48. The lowest BCUT2D eigenvalue weighted by molar-refractivity contribution is -0.0599. The summed E-state index contributed by atoms with van der Waals surface area (Å²) in [5, 5.41) is 13.2. The van der Waals surface area contributed by atoms with Crippen LogP contribution in [0.3, 0.4) is 0 Å². The van der Waals surface area contributed by atoms with Crippen molar-refractivity contribution in [2.24, 2.45) is 0 Å². The van der Waals surface area contributed by atoms with Crippen molar-refractivity contribution >= 4 is 11.7 Å². The van der Waals surface area contributed by atoms with Crippen molar-refractivity contribution in [3.8, 4) is 17.6 Å². The molecular weight excluding hydrogens is 464 g/mol. The summed E-state index contributed by atoms with van der Waals surface area (Å²) in [5.41, 5.74) is 3.48. The first-order chi connectivity index (χ1) is 18.2. The van der Waals surface area contributed by atoms with Gasteiger partial charge in [0.25, 0.3) is 0 Å². The lowest BCUT2D eigenvalue weighted by atomic mass is 9.76. The average Bonchev–Trinajstić information content (AvgIpc) is 2.92. The number of aliphatic hydroxyl groups excluding tert-OH is 1. The van der Waals surface area contributed by atoms with E-state index in [2.05, 4.69) is 22.1 Å². The van der Waals surface area contributed by atoms with Crippen molar-refractivity contribution in [3.05, 3.63) is 89.7 Å². The first-order valence-corrected chi connectivity index (χ1v) is 12.8. The zero-order valence-corrected chi connectivity index (χ0v) is 21.0. The Morgan fingerprint density at radius 1 is 1.03 bits per heavy atom. The number of hydrogen-bond donors (Lipinski definition) is 2. The topological polar surface area (TPSA) is 77.9 Å². The number of ether oxygens (including phenoxy) is 1. The van der Waals surface area contributed by atoms with Crippen molar-refractivity contribution in [2.75, 3.05) is 38.7 Å². The van der Waals surface area contributed by atoms with Gasteiger partial charge in [-0.1, -0.05) is 30.0 Å². The summed E-state index contributed by atoms with van der Waals surface area (Å²) in [4.78, 5) is 22.1. The fourth-order valence-corrected chi connectivity index (χ4v) is 5.29. The third kappa shape index (κ3) is 5.61. The number of nitrogens with zero attached hydrogens (tertiary/aromatic N) is 3. The van der Waals surface area contributed by atoms with Gasteiger partial charge in [-0.3, -0.25) is 9.88 Å². The molecule has 7 heteroatoms. The number of methoxy groups -OCH3 is 1. The van der Waals surface area contributed by atoms with E-state index in [1.165, 1.54) is 0 Å². The number of benzene rings is 2. The van der Waals surface area contributed by atoms with Gasteiger partial charge < -0.3 is 20.1 Å². The van der Waals surface area contributed by atoms with Crippen LogP contribution in [0.5, 0.6) is 5.75 Å². The number of nitrogens with one attached hydrogen (secondary N) is 1. The molecule has 0 bridgehead atoms. The minimum Gasteiger partial charge on any atom is -0.497 e. The van der Waals surface area contributed by atoms with Gasteiger partial charge in [-0.25, -0.2) is 4.79 Å². The minimum absolute atomic E-state index is 0.00310. The molecule has 3 atom stereocenters. The number of amides is 2. The summed E-state index contributed by atoms with van der Waals surface area (Å²) in [7, 11) is 1.62. The smallest absolute Gasteiger partial charge is 0.321 e. The summed E-state index contributed by atoms with van der Waals surface area (Å²) in [6.07, 6.45) is 3.71. The van der Waals surface area contributed by atoms with E-state index < -0.39 is 0 Å². The highest BCUT2D eigenvalue weighted by Crippen LogP contribution is 2.41. The third-order valence-electron chi connectivity index (χ3n) is 7.25. The number of anilines is 1. The molecule has 1 aromatic heterocycles. The monoisotopic (exact) mass is 496 g/mol. The summed E-state index contributed by atoms with van der Waals surface area (Å²) in [6.45, 7) is 2.27. The molecule has 2 saturated heterocycles. The summed E-state index contributed by atoms with van der Waals surface area (Å²) >= 11 is 0. The summed E-state index contributed by atoms with van der Waals surface area (Å²) < 4.78 is 5.21. The van der Waals surface area contributed by atoms with Crippen LogP contribution in [0.15, 0.2) is 72.9 Å². The molecule has 2 aliphatic rings. The highest BCUT2D eigenvalue weighted by atomic mass is 16.5. The van der Waals surface area contributed by atoms with Crippen LogP contribution >= 0.6 is 0 Å². The van der Waals surface area contributed by atoms with E-state index in [4.69, 9.17) is 9.72 Å². The molecule has 0 spiro atoms. The van der Waals surface area contributed by atoms with Crippen LogP contribution in [0.4, 0.5) is 10.5 Å². The third-order valence-corrected chi connectivity index (χ3v) is 7.25. The van der Waals surface area contributed by atoms with E-state index in [0.717, 1.165) is 47.6 Å². The molecule has 2 aromatic carbocycles. The molecule has 190 valence electrons. The Morgan fingerprint density at radius 3 is 2.49 bits per heavy atom. The minimum atomic E-state index is -0.113. The number of pyridine rings is 1. The van der Waals surface area contributed by atoms with Crippen LogP contribution in [-0.2, 0) is 0 Å². The summed E-state index contributed by atoms with van der Waals surface area (Å²) in [6, 6.07) is 21.2. The van der Waals surface area contributed by atoms with Gasteiger partial charge >= 0.3 is 6.03 Å². The average molecular weight is 497 g/mol. The van der Waals surface area contributed by atoms with Gasteiger partial charge in [0, 0.05) is 59.8 Å². The van der Waals surface area contributed by atoms with Crippen LogP contribution in [0.1, 0.15) is 35.6 Å². The molecule has 37 heavy (non-hydrogen) atoms. The Bertz CT molecular complexity index is 1250. The summed E-state index contributed by atoms with van der Waals surface area (Å²) in [5.74, 6) is 7.14. The van der Waals surface area contributed by atoms with Crippen LogP contribution < -0.4 is 10.1 Å². The van der Waals surface area contributed by atoms with Crippen LogP contribution in [0.25, 0.3) is 0 Å². The van der Waals surface area contributed by atoms with Gasteiger partial charge in [0.05, 0.1) is 13.7 Å². The molecular formula is C30H32N4O3. The van der Waals surface area contributed by atoms with Gasteiger partial charge in [-0.2, -0.15) is 0 Å². The number of aliphatic hydroxyl groups is 1. The zero-order chi connectivity index (χ0) is 25.6. The fraction of sp³-hybridized carbons (Fsp3) is 0.333.